The summed E-state index contributed by atoms with van der Waals surface area (Å²) in [7, 11) is 2.25. The van der Waals surface area contributed by atoms with Crippen LogP contribution in [0.4, 0.5) is 26.3 Å². The number of nitrogens with zero attached hydrogens (tertiary/aromatic N) is 4. The molecule has 0 amide bonds. The minimum atomic E-state index is -5.08. The lowest BCUT2D eigenvalue weighted by atomic mass is 9.60. The van der Waals surface area contributed by atoms with Crippen molar-refractivity contribution < 1.29 is 46.1 Å². The van der Waals surface area contributed by atoms with Crippen molar-refractivity contribution in [1.82, 2.24) is 19.8 Å². The Morgan fingerprint density at radius 3 is 1.72 bits per heavy atom. The highest BCUT2D eigenvalue weighted by molar-refractivity contribution is 5.73. The Labute approximate surface area is 221 Å². The number of likely N-dealkylation sites (tertiary alicyclic amines) is 1. The molecule has 0 unspecified atom stereocenters. The molecule has 1 saturated heterocycles. The van der Waals surface area contributed by atoms with E-state index in [0.717, 1.165) is 19.1 Å². The lowest BCUT2D eigenvalue weighted by Gasteiger charge is -2.54. The van der Waals surface area contributed by atoms with Gasteiger partial charge in [-0.1, -0.05) is 12.1 Å². The van der Waals surface area contributed by atoms with E-state index in [4.69, 9.17) is 19.8 Å². The summed E-state index contributed by atoms with van der Waals surface area (Å²) in [5.41, 5.74) is 2.97. The summed E-state index contributed by atoms with van der Waals surface area (Å²) in [5.74, 6) is -5.51. The second-order valence-corrected chi connectivity index (χ2v) is 9.50. The summed E-state index contributed by atoms with van der Waals surface area (Å²) in [6, 6.07) is 13.1. The Hall–Kier alpha value is -3.26. The number of hydrogen-bond acceptors (Lipinski definition) is 6. The molecule has 0 bridgehead atoms. The summed E-state index contributed by atoms with van der Waals surface area (Å²) < 4.78 is 63.5. The number of carbonyl (C=O) groups is 2. The molecule has 1 aliphatic carbocycles. The molecule has 0 aromatic carbocycles. The molecule has 39 heavy (non-hydrogen) atoms. The monoisotopic (exact) mass is 564 g/mol. The van der Waals surface area contributed by atoms with Gasteiger partial charge in [0.15, 0.2) is 0 Å². The molecule has 0 atom stereocenters. The lowest BCUT2D eigenvalue weighted by molar-refractivity contribution is -0.193. The highest BCUT2D eigenvalue weighted by Crippen LogP contribution is 2.51. The van der Waals surface area contributed by atoms with Gasteiger partial charge in [-0.05, 0) is 75.5 Å². The van der Waals surface area contributed by atoms with Gasteiger partial charge >= 0.3 is 24.3 Å². The Morgan fingerprint density at radius 2 is 1.33 bits per heavy atom. The van der Waals surface area contributed by atoms with E-state index in [2.05, 4.69) is 51.1 Å². The zero-order valence-electron chi connectivity index (χ0n) is 21.1. The van der Waals surface area contributed by atoms with Crippen molar-refractivity contribution in [3.8, 4) is 0 Å². The van der Waals surface area contributed by atoms with Gasteiger partial charge in [0.1, 0.15) is 0 Å². The smallest absolute Gasteiger partial charge is 0.475 e. The molecule has 2 aromatic heterocycles. The van der Waals surface area contributed by atoms with E-state index in [-0.39, 0.29) is 0 Å². The number of aliphatic carboxylic acids is 2. The molecule has 1 spiro atoms. The fourth-order valence-corrected chi connectivity index (χ4v) is 4.44. The number of halogens is 6. The van der Waals surface area contributed by atoms with E-state index < -0.39 is 24.3 Å². The zero-order chi connectivity index (χ0) is 29.3. The number of carboxylic acids is 2. The molecule has 14 heteroatoms. The first-order chi connectivity index (χ1) is 18.1. The normalized spacial score (nSPS) is 17.3. The molecule has 0 radical (unpaired) electrons. The van der Waals surface area contributed by atoms with E-state index in [1.165, 1.54) is 50.2 Å². The number of hydrogen-bond donors (Lipinski definition) is 2. The fourth-order valence-electron chi connectivity index (χ4n) is 4.44. The van der Waals surface area contributed by atoms with Crippen LogP contribution in [0.5, 0.6) is 0 Å². The first-order valence-corrected chi connectivity index (χ1v) is 11.9. The maximum Gasteiger partial charge on any atom is 0.490 e. The Bertz CT molecular complexity index is 1010. The molecule has 3 heterocycles. The van der Waals surface area contributed by atoms with Crippen LogP contribution in [0.25, 0.3) is 0 Å². The average Bonchev–Trinajstić information content (AvgIpc) is 2.84. The number of carboxylic acid groups (broad SMARTS) is 2. The van der Waals surface area contributed by atoms with E-state index in [1.54, 1.807) is 0 Å². The third-order valence-corrected chi connectivity index (χ3v) is 6.61. The van der Waals surface area contributed by atoms with E-state index in [1.807, 2.05) is 24.5 Å². The van der Waals surface area contributed by atoms with Gasteiger partial charge in [0.05, 0.1) is 11.4 Å². The Kier molecular flexibility index (Phi) is 11.2. The predicted molar refractivity (Wildman–Crippen MR) is 127 cm³/mol. The Morgan fingerprint density at radius 1 is 0.897 bits per heavy atom. The molecule has 2 fully saturated rings. The maximum absolute atomic E-state index is 10.6. The standard InChI is InChI=1S/C21H28N4.2C2HF3O2/c1-24(16-18-6-2-4-10-22-18)20-14-21(15-20)8-12-25(13-9-21)17-19-7-3-5-11-23-19;2*3-2(4,5)1(6)7/h2-7,10-11,20H,8-9,12-17H2,1H3;2*(H,6,7). The SMILES string of the molecule is CN(Cc1ccccn1)C1CC2(CCN(Cc3ccccn3)CC2)C1.O=C(O)C(F)(F)F.O=C(O)C(F)(F)F. The zero-order valence-corrected chi connectivity index (χ0v) is 21.1. The number of rotatable bonds is 5. The molecular formula is C25H30F6N4O4. The number of aromatic nitrogens is 2. The van der Waals surface area contributed by atoms with Crippen LogP contribution < -0.4 is 0 Å². The summed E-state index contributed by atoms with van der Waals surface area (Å²) in [4.78, 5) is 31.8. The van der Waals surface area contributed by atoms with Crippen LogP contribution in [-0.4, -0.2) is 80.5 Å². The van der Waals surface area contributed by atoms with Crippen molar-refractivity contribution in [2.45, 2.75) is 57.2 Å². The van der Waals surface area contributed by atoms with Gasteiger partial charge in [-0.25, -0.2) is 9.59 Å². The van der Waals surface area contributed by atoms with Gasteiger partial charge in [0, 0.05) is 31.5 Å². The number of alkyl halides is 6. The number of pyridine rings is 2. The third-order valence-electron chi connectivity index (χ3n) is 6.61. The fraction of sp³-hybridized carbons (Fsp3) is 0.520. The second kappa shape index (κ2) is 13.7. The highest BCUT2D eigenvalue weighted by atomic mass is 19.4. The van der Waals surface area contributed by atoms with Crippen LogP contribution >= 0.6 is 0 Å². The largest absolute Gasteiger partial charge is 0.490 e. The van der Waals surface area contributed by atoms with Gasteiger partial charge < -0.3 is 10.2 Å². The minimum Gasteiger partial charge on any atom is -0.475 e. The summed E-state index contributed by atoms with van der Waals surface area (Å²) in [6.07, 6.45) is -0.986. The maximum atomic E-state index is 10.6. The molecule has 1 aliphatic heterocycles. The first-order valence-electron chi connectivity index (χ1n) is 11.9. The number of piperidine rings is 1. The molecule has 1 saturated carbocycles. The van der Waals surface area contributed by atoms with Gasteiger partial charge in [-0.3, -0.25) is 19.8 Å². The Balaban J connectivity index is 0.000000317. The van der Waals surface area contributed by atoms with Crippen LogP contribution in [-0.2, 0) is 22.7 Å². The van der Waals surface area contributed by atoms with E-state index in [9.17, 15) is 26.3 Å². The summed E-state index contributed by atoms with van der Waals surface area (Å²) in [6.45, 7) is 4.40. The van der Waals surface area contributed by atoms with Gasteiger partial charge in [0.2, 0.25) is 0 Å². The van der Waals surface area contributed by atoms with Crippen molar-refractivity contribution >= 4 is 11.9 Å². The van der Waals surface area contributed by atoms with Crippen molar-refractivity contribution in [2.75, 3.05) is 20.1 Å². The van der Waals surface area contributed by atoms with Crippen molar-refractivity contribution in [1.29, 1.82) is 0 Å². The van der Waals surface area contributed by atoms with Crippen molar-refractivity contribution in [3.63, 3.8) is 0 Å². The molecule has 2 N–H and O–H groups in total. The molecule has 2 aliphatic rings. The molecular weight excluding hydrogens is 534 g/mol. The van der Waals surface area contributed by atoms with Gasteiger partial charge in [-0.15, -0.1) is 0 Å². The van der Waals surface area contributed by atoms with Gasteiger partial charge in [-0.2, -0.15) is 26.3 Å². The molecule has 216 valence electrons. The van der Waals surface area contributed by atoms with Crippen LogP contribution in [0.2, 0.25) is 0 Å². The van der Waals surface area contributed by atoms with Crippen LogP contribution in [0, 0.1) is 5.41 Å². The first kappa shape index (κ1) is 32.0. The quantitative estimate of drug-likeness (QED) is 0.507. The van der Waals surface area contributed by atoms with E-state index >= 15 is 0 Å². The second-order valence-electron chi connectivity index (χ2n) is 9.50. The van der Waals surface area contributed by atoms with Crippen LogP contribution in [0.3, 0.4) is 0 Å². The average molecular weight is 565 g/mol. The highest BCUT2D eigenvalue weighted by Gasteiger charge is 2.47. The van der Waals surface area contributed by atoms with Gasteiger partial charge in [0.25, 0.3) is 0 Å². The van der Waals surface area contributed by atoms with Crippen LogP contribution in [0.1, 0.15) is 37.1 Å². The van der Waals surface area contributed by atoms with Crippen molar-refractivity contribution in [2.24, 2.45) is 5.41 Å². The minimum absolute atomic E-state index is 0.601. The molecule has 8 nitrogen and oxygen atoms in total. The van der Waals surface area contributed by atoms with Crippen LogP contribution in [0.15, 0.2) is 48.8 Å². The predicted octanol–water partition coefficient (Wildman–Crippen LogP) is 4.62. The molecule has 2 aromatic rings. The summed E-state index contributed by atoms with van der Waals surface area (Å²) >= 11 is 0. The topological polar surface area (TPSA) is 107 Å². The molecule has 4 rings (SSSR count). The van der Waals surface area contributed by atoms with Crippen molar-refractivity contribution in [3.05, 3.63) is 60.2 Å². The lowest BCUT2D eigenvalue weighted by Crippen LogP contribution is -2.53. The summed E-state index contributed by atoms with van der Waals surface area (Å²) in [5, 5.41) is 14.2. The van der Waals surface area contributed by atoms with E-state index in [0.29, 0.717) is 5.41 Å². The third kappa shape index (κ3) is 10.8.